The molecular formula is C19H23NO2. The van der Waals surface area contributed by atoms with E-state index in [9.17, 15) is 0 Å². The molecule has 3 rings (SSSR count). The molecule has 116 valence electrons. The summed E-state index contributed by atoms with van der Waals surface area (Å²) in [5.41, 5.74) is 1.17. The van der Waals surface area contributed by atoms with Gasteiger partial charge in [0.15, 0.2) is 0 Å². The summed E-state index contributed by atoms with van der Waals surface area (Å²) in [5, 5.41) is 3.49. The molecule has 0 bridgehead atoms. The highest BCUT2D eigenvalue weighted by molar-refractivity contribution is 5.33. The Balaban J connectivity index is 1.51. The highest BCUT2D eigenvalue weighted by Gasteiger charge is 2.12. The summed E-state index contributed by atoms with van der Waals surface area (Å²) >= 11 is 0. The van der Waals surface area contributed by atoms with Gasteiger partial charge in [-0.2, -0.15) is 0 Å². The Labute approximate surface area is 132 Å². The van der Waals surface area contributed by atoms with Crippen LogP contribution in [-0.2, 0) is 6.61 Å². The lowest BCUT2D eigenvalue weighted by atomic mass is 10.1. The molecule has 0 spiro atoms. The quantitative estimate of drug-likeness (QED) is 0.880. The van der Waals surface area contributed by atoms with Crippen LogP contribution in [0.1, 0.15) is 24.8 Å². The highest BCUT2D eigenvalue weighted by atomic mass is 16.5. The molecule has 0 aliphatic carbocycles. The smallest absolute Gasteiger partial charge is 0.123 e. The predicted octanol–water partition coefficient (Wildman–Crippen LogP) is 3.79. The van der Waals surface area contributed by atoms with Crippen molar-refractivity contribution in [3.8, 4) is 11.5 Å². The van der Waals surface area contributed by atoms with Crippen LogP contribution in [-0.4, -0.2) is 19.2 Å². The molecule has 1 fully saturated rings. The highest BCUT2D eigenvalue weighted by Crippen LogP contribution is 2.21. The molecule has 1 heterocycles. The molecule has 1 atom stereocenters. The Morgan fingerprint density at radius 2 is 1.73 bits per heavy atom. The Morgan fingerprint density at radius 1 is 0.909 bits per heavy atom. The Bertz CT molecular complexity index is 565. The summed E-state index contributed by atoms with van der Waals surface area (Å²) in [6.45, 7) is 2.41. The van der Waals surface area contributed by atoms with E-state index < -0.39 is 0 Å². The van der Waals surface area contributed by atoms with Crippen molar-refractivity contribution in [2.75, 3.05) is 13.2 Å². The number of benzene rings is 2. The summed E-state index contributed by atoms with van der Waals surface area (Å²) in [5.74, 6) is 1.72. The van der Waals surface area contributed by atoms with E-state index in [1.807, 2.05) is 42.5 Å². The molecule has 2 aromatic rings. The van der Waals surface area contributed by atoms with Crippen molar-refractivity contribution < 1.29 is 9.47 Å². The van der Waals surface area contributed by atoms with Crippen molar-refractivity contribution in [3.05, 3.63) is 60.2 Å². The van der Waals surface area contributed by atoms with Crippen LogP contribution in [0.4, 0.5) is 0 Å². The third kappa shape index (κ3) is 4.50. The minimum Gasteiger partial charge on any atom is -0.492 e. The van der Waals surface area contributed by atoms with E-state index >= 15 is 0 Å². The van der Waals surface area contributed by atoms with E-state index in [1.165, 1.54) is 24.8 Å². The Hall–Kier alpha value is -2.00. The maximum absolute atomic E-state index is 5.90. The van der Waals surface area contributed by atoms with Crippen LogP contribution in [0.25, 0.3) is 0 Å². The second-order valence-corrected chi connectivity index (χ2v) is 5.71. The fourth-order valence-electron chi connectivity index (χ4n) is 2.66. The van der Waals surface area contributed by atoms with E-state index in [0.717, 1.165) is 24.7 Å². The zero-order chi connectivity index (χ0) is 15.0. The SMILES string of the molecule is c1ccc(COc2cccc(OCC3CCCCN3)c2)cc1. The lowest BCUT2D eigenvalue weighted by Gasteiger charge is -2.23. The first kappa shape index (κ1) is 14.9. The van der Waals surface area contributed by atoms with Gasteiger partial charge in [-0.1, -0.05) is 42.8 Å². The van der Waals surface area contributed by atoms with E-state index in [-0.39, 0.29) is 0 Å². The topological polar surface area (TPSA) is 30.5 Å². The molecule has 0 radical (unpaired) electrons. The maximum atomic E-state index is 5.90. The largest absolute Gasteiger partial charge is 0.492 e. The van der Waals surface area contributed by atoms with E-state index in [1.54, 1.807) is 0 Å². The first-order valence-electron chi connectivity index (χ1n) is 8.03. The van der Waals surface area contributed by atoms with E-state index in [2.05, 4.69) is 17.4 Å². The van der Waals surface area contributed by atoms with Crippen molar-refractivity contribution in [3.63, 3.8) is 0 Å². The lowest BCUT2D eigenvalue weighted by Crippen LogP contribution is -2.38. The van der Waals surface area contributed by atoms with E-state index in [4.69, 9.17) is 9.47 Å². The third-order valence-corrected chi connectivity index (χ3v) is 3.92. The standard InChI is InChI=1S/C19H23NO2/c1-2-7-16(8-3-1)14-21-18-10-6-11-19(13-18)22-15-17-9-4-5-12-20-17/h1-3,6-8,10-11,13,17,20H,4-5,9,12,14-15H2. The minimum absolute atomic E-state index is 0.475. The van der Waals surface area contributed by atoms with Crippen LogP contribution in [0.15, 0.2) is 54.6 Å². The number of rotatable bonds is 6. The summed E-state index contributed by atoms with van der Waals surface area (Å²) in [7, 11) is 0. The molecule has 2 aromatic carbocycles. The van der Waals surface area contributed by atoms with Gasteiger partial charge in [-0.25, -0.2) is 0 Å². The van der Waals surface area contributed by atoms with Crippen LogP contribution < -0.4 is 14.8 Å². The second-order valence-electron chi connectivity index (χ2n) is 5.71. The molecule has 1 saturated heterocycles. The summed E-state index contributed by atoms with van der Waals surface area (Å²) in [6, 6.07) is 18.6. The fraction of sp³-hybridized carbons (Fsp3) is 0.368. The van der Waals surface area contributed by atoms with Crippen LogP contribution >= 0.6 is 0 Å². The van der Waals surface area contributed by atoms with Gasteiger partial charge < -0.3 is 14.8 Å². The zero-order valence-electron chi connectivity index (χ0n) is 12.8. The van der Waals surface area contributed by atoms with Gasteiger partial charge in [-0.3, -0.25) is 0 Å². The number of ether oxygens (including phenoxy) is 2. The van der Waals surface area contributed by atoms with Crippen molar-refractivity contribution in [1.82, 2.24) is 5.32 Å². The number of hydrogen-bond donors (Lipinski definition) is 1. The van der Waals surface area contributed by atoms with Crippen molar-refractivity contribution in [1.29, 1.82) is 0 Å². The first-order chi connectivity index (χ1) is 10.9. The zero-order valence-corrected chi connectivity index (χ0v) is 12.8. The molecule has 3 heteroatoms. The third-order valence-electron chi connectivity index (χ3n) is 3.92. The molecule has 0 aromatic heterocycles. The van der Waals surface area contributed by atoms with Crippen molar-refractivity contribution in [2.24, 2.45) is 0 Å². The number of piperidine rings is 1. The molecule has 22 heavy (non-hydrogen) atoms. The normalized spacial score (nSPS) is 17.9. The molecule has 0 amide bonds. The van der Waals surface area contributed by atoms with Gasteiger partial charge in [0, 0.05) is 12.1 Å². The summed E-state index contributed by atoms with van der Waals surface area (Å²) in [4.78, 5) is 0. The minimum atomic E-state index is 0.475. The van der Waals surface area contributed by atoms with Gasteiger partial charge in [0.05, 0.1) is 0 Å². The predicted molar refractivity (Wildman–Crippen MR) is 88.4 cm³/mol. The fourth-order valence-corrected chi connectivity index (χ4v) is 2.66. The maximum Gasteiger partial charge on any atom is 0.123 e. The van der Waals surface area contributed by atoms with Gasteiger partial charge in [-0.15, -0.1) is 0 Å². The van der Waals surface area contributed by atoms with Crippen LogP contribution in [0.2, 0.25) is 0 Å². The summed E-state index contributed by atoms with van der Waals surface area (Å²) < 4.78 is 11.7. The average Bonchev–Trinajstić information content (AvgIpc) is 2.60. The molecule has 1 unspecified atom stereocenters. The van der Waals surface area contributed by atoms with Gasteiger partial charge in [0.1, 0.15) is 24.7 Å². The Kier molecular flexibility index (Phi) is 5.32. The van der Waals surface area contributed by atoms with Crippen LogP contribution in [0.3, 0.4) is 0 Å². The van der Waals surface area contributed by atoms with Crippen molar-refractivity contribution >= 4 is 0 Å². The number of hydrogen-bond acceptors (Lipinski definition) is 3. The lowest BCUT2D eigenvalue weighted by molar-refractivity contribution is 0.237. The monoisotopic (exact) mass is 297 g/mol. The van der Waals surface area contributed by atoms with Gasteiger partial charge in [0.2, 0.25) is 0 Å². The first-order valence-corrected chi connectivity index (χ1v) is 8.03. The molecule has 0 saturated carbocycles. The summed E-state index contributed by atoms with van der Waals surface area (Å²) in [6.07, 6.45) is 3.77. The molecule has 3 nitrogen and oxygen atoms in total. The molecule has 1 N–H and O–H groups in total. The van der Waals surface area contributed by atoms with E-state index in [0.29, 0.717) is 12.6 Å². The number of nitrogens with one attached hydrogen (secondary N) is 1. The second kappa shape index (κ2) is 7.85. The van der Waals surface area contributed by atoms with Gasteiger partial charge >= 0.3 is 0 Å². The van der Waals surface area contributed by atoms with Crippen LogP contribution in [0, 0.1) is 0 Å². The Morgan fingerprint density at radius 3 is 2.50 bits per heavy atom. The van der Waals surface area contributed by atoms with Crippen molar-refractivity contribution in [2.45, 2.75) is 31.9 Å². The average molecular weight is 297 g/mol. The molecular weight excluding hydrogens is 274 g/mol. The molecule has 1 aliphatic heterocycles. The molecule has 1 aliphatic rings. The van der Waals surface area contributed by atoms with Gasteiger partial charge in [0.25, 0.3) is 0 Å². The van der Waals surface area contributed by atoms with Crippen LogP contribution in [0.5, 0.6) is 11.5 Å². The van der Waals surface area contributed by atoms with Gasteiger partial charge in [-0.05, 0) is 37.1 Å².